The van der Waals surface area contributed by atoms with Gasteiger partial charge in [-0.15, -0.1) is 5.10 Å². The summed E-state index contributed by atoms with van der Waals surface area (Å²) in [5, 5.41) is 12.3. The zero-order valence-corrected chi connectivity index (χ0v) is 12.8. The Morgan fingerprint density at radius 1 is 1.52 bits per heavy atom. The van der Waals surface area contributed by atoms with E-state index in [0.717, 1.165) is 12.8 Å². The summed E-state index contributed by atoms with van der Waals surface area (Å²) in [4.78, 5) is 12.1. The van der Waals surface area contributed by atoms with E-state index in [4.69, 9.17) is 16.3 Å². The lowest BCUT2D eigenvalue weighted by atomic mass is 10.3. The Morgan fingerprint density at radius 2 is 2.33 bits per heavy atom. The summed E-state index contributed by atoms with van der Waals surface area (Å²) in [6.07, 6.45) is 2.17. The van der Waals surface area contributed by atoms with Crippen LogP contribution in [0.1, 0.15) is 25.8 Å². The molecule has 1 aromatic carbocycles. The van der Waals surface area contributed by atoms with Crippen LogP contribution in [0.15, 0.2) is 29.4 Å². The number of aromatic nitrogens is 4. The van der Waals surface area contributed by atoms with Gasteiger partial charge in [0.2, 0.25) is 5.16 Å². The normalized spacial score (nSPS) is 15.7. The molecule has 110 valence electrons. The first kappa shape index (κ1) is 14.3. The second kappa shape index (κ2) is 6.03. The van der Waals surface area contributed by atoms with Crippen molar-refractivity contribution in [3.63, 3.8) is 0 Å². The van der Waals surface area contributed by atoms with Crippen LogP contribution in [0.25, 0.3) is 0 Å². The topological polar surface area (TPSA) is 69.9 Å². The Labute approximate surface area is 130 Å². The quantitative estimate of drug-likeness (QED) is 0.478. The molecule has 1 aromatic heterocycles. The molecule has 2 aromatic rings. The first-order chi connectivity index (χ1) is 10.1. The summed E-state index contributed by atoms with van der Waals surface area (Å²) in [6, 6.07) is 7.12. The summed E-state index contributed by atoms with van der Waals surface area (Å²) in [5.74, 6) is 0.0781. The van der Waals surface area contributed by atoms with Gasteiger partial charge in [0.05, 0.1) is 6.04 Å². The van der Waals surface area contributed by atoms with Crippen molar-refractivity contribution in [2.24, 2.45) is 0 Å². The molecule has 8 heteroatoms. The molecule has 0 N–H and O–H groups in total. The maximum atomic E-state index is 12.1. The molecule has 0 aliphatic heterocycles. The van der Waals surface area contributed by atoms with E-state index in [1.54, 1.807) is 35.9 Å². The smallest absolute Gasteiger partial charge is 0.324 e. The molecule has 1 unspecified atom stereocenters. The van der Waals surface area contributed by atoms with E-state index in [1.807, 2.05) is 0 Å². The number of rotatable bonds is 5. The van der Waals surface area contributed by atoms with Crippen LogP contribution in [-0.4, -0.2) is 31.4 Å². The molecular formula is C13H13ClN4O2S. The van der Waals surface area contributed by atoms with Crippen molar-refractivity contribution in [2.75, 3.05) is 0 Å². The minimum atomic E-state index is -0.410. The lowest BCUT2D eigenvalue weighted by Gasteiger charge is -2.10. The number of carbonyl (C=O) groups is 1. The standard InChI is InChI=1S/C13H13ClN4O2S/c1-8(12(19)20-11-4-2-3-9(14)7-11)21-13-15-16-17-18(13)10-5-6-10/h2-4,7-8,10H,5-6H2,1H3. The third kappa shape index (κ3) is 3.54. The highest BCUT2D eigenvalue weighted by atomic mass is 35.5. The number of nitrogens with zero attached hydrogens (tertiary/aromatic N) is 4. The average molecular weight is 325 g/mol. The summed E-state index contributed by atoms with van der Waals surface area (Å²) in [6.45, 7) is 1.77. The van der Waals surface area contributed by atoms with Crippen molar-refractivity contribution < 1.29 is 9.53 Å². The fraction of sp³-hybridized carbons (Fsp3) is 0.385. The molecule has 1 heterocycles. The van der Waals surface area contributed by atoms with E-state index >= 15 is 0 Å². The summed E-state index contributed by atoms with van der Waals surface area (Å²) < 4.78 is 7.07. The predicted octanol–water partition coefficient (Wildman–Crippen LogP) is 2.75. The Balaban J connectivity index is 1.63. The first-order valence-corrected chi connectivity index (χ1v) is 7.81. The van der Waals surface area contributed by atoms with Gasteiger partial charge in [-0.2, -0.15) is 0 Å². The lowest BCUT2D eigenvalue weighted by Crippen LogP contribution is -2.20. The number of ether oxygens (including phenoxy) is 1. The molecule has 1 atom stereocenters. The lowest BCUT2D eigenvalue weighted by molar-refractivity contribution is -0.133. The SMILES string of the molecule is CC(Sc1nnnn1C1CC1)C(=O)Oc1cccc(Cl)c1. The maximum Gasteiger partial charge on any atom is 0.324 e. The summed E-state index contributed by atoms with van der Waals surface area (Å²) >= 11 is 7.16. The number of benzene rings is 1. The average Bonchev–Trinajstić information content (AvgIpc) is 3.19. The zero-order chi connectivity index (χ0) is 14.8. The van der Waals surface area contributed by atoms with E-state index in [-0.39, 0.29) is 5.97 Å². The van der Waals surface area contributed by atoms with Crippen molar-refractivity contribution in [2.45, 2.75) is 36.2 Å². The van der Waals surface area contributed by atoms with Crippen molar-refractivity contribution in [1.29, 1.82) is 0 Å². The predicted molar refractivity (Wildman–Crippen MR) is 78.5 cm³/mol. The second-order valence-corrected chi connectivity index (χ2v) is 6.52. The van der Waals surface area contributed by atoms with Gasteiger partial charge in [0.15, 0.2) is 0 Å². The fourth-order valence-corrected chi connectivity index (χ4v) is 2.77. The Kier molecular flexibility index (Phi) is 4.12. The van der Waals surface area contributed by atoms with Crippen LogP contribution < -0.4 is 4.74 Å². The van der Waals surface area contributed by atoms with Crippen LogP contribution >= 0.6 is 23.4 Å². The second-order valence-electron chi connectivity index (χ2n) is 4.78. The molecule has 0 radical (unpaired) electrons. The van der Waals surface area contributed by atoms with Crippen LogP contribution in [0.2, 0.25) is 5.02 Å². The van der Waals surface area contributed by atoms with Gasteiger partial charge in [0, 0.05) is 5.02 Å². The number of halogens is 1. The van der Waals surface area contributed by atoms with Crippen LogP contribution in [-0.2, 0) is 4.79 Å². The molecule has 1 aliphatic rings. The van der Waals surface area contributed by atoms with Crippen LogP contribution in [0.3, 0.4) is 0 Å². The highest BCUT2D eigenvalue weighted by Gasteiger charge is 2.29. The Morgan fingerprint density at radius 3 is 3.05 bits per heavy atom. The van der Waals surface area contributed by atoms with Gasteiger partial charge in [0.25, 0.3) is 0 Å². The minimum absolute atomic E-state index is 0.354. The first-order valence-electron chi connectivity index (χ1n) is 6.55. The highest BCUT2D eigenvalue weighted by Crippen LogP contribution is 2.37. The van der Waals surface area contributed by atoms with Gasteiger partial charge >= 0.3 is 5.97 Å². The monoisotopic (exact) mass is 324 g/mol. The molecule has 0 bridgehead atoms. The number of hydrogen-bond acceptors (Lipinski definition) is 6. The van der Waals surface area contributed by atoms with Gasteiger partial charge in [0.1, 0.15) is 11.0 Å². The van der Waals surface area contributed by atoms with Crippen molar-refractivity contribution in [3.8, 4) is 5.75 Å². The molecule has 0 amide bonds. The van der Waals surface area contributed by atoms with Crippen molar-refractivity contribution in [3.05, 3.63) is 29.3 Å². The van der Waals surface area contributed by atoms with E-state index in [9.17, 15) is 4.79 Å². The summed E-state index contributed by atoms with van der Waals surface area (Å²) in [5.41, 5.74) is 0. The number of esters is 1. The van der Waals surface area contributed by atoms with Crippen LogP contribution in [0, 0.1) is 0 Å². The molecule has 3 rings (SSSR count). The molecule has 21 heavy (non-hydrogen) atoms. The van der Waals surface area contributed by atoms with Gasteiger partial charge < -0.3 is 4.74 Å². The van der Waals surface area contributed by atoms with Gasteiger partial charge in [-0.25, -0.2) is 4.68 Å². The van der Waals surface area contributed by atoms with Crippen molar-refractivity contribution in [1.82, 2.24) is 20.2 Å². The number of hydrogen-bond donors (Lipinski definition) is 0. The molecule has 0 saturated heterocycles. The van der Waals surface area contributed by atoms with Gasteiger partial charge in [-0.05, 0) is 48.4 Å². The molecule has 1 saturated carbocycles. The molecular weight excluding hydrogens is 312 g/mol. The largest absolute Gasteiger partial charge is 0.426 e. The molecule has 6 nitrogen and oxygen atoms in total. The third-order valence-electron chi connectivity index (χ3n) is 2.98. The van der Waals surface area contributed by atoms with Gasteiger partial charge in [-0.3, -0.25) is 4.79 Å². The van der Waals surface area contributed by atoms with E-state index in [2.05, 4.69) is 15.5 Å². The fourth-order valence-electron chi connectivity index (χ4n) is 1.75. The number of thioether (sulfide) groups is 1. The van der Waals surface area contributed by atoms with Crippen LogP contribution in [0.5, 0.6) is 5.75 Å². The highest BCUT2D eigenvalue weighted by molar-refractivity contribution is 8.00. The van der Waals surface area contributed by atoms with Gasteiger partial charge in [-0.1, -0.05) is 29.4 Å². The van der Waals surface area contributed by atoms with Crippen molar-refractivity contribution >= 4 is 29.3 Å². The molecule has 1 fully saturated rings. The molecule has 0 spiro atoms. The van der Waals surface area contributed by atoms with E-state index < -0.39 is 5.25 Å². The van der Waals surface area contributed by atoms with E-state index in [0.29, 0.717) is 22.0 Å². The maximum absolute atomic E-state index is 12.1. The summed E-state index contributed by atoms with van der Waals surface area (Å²) in [7, 11) is 0. The molecule has 1 aliphatic carbocycles. The Hall–Kier alpha value is -1.60. The minimum Gasteiger partial charge on any atom is -0.426 e. The third-order valence-corrected chi connectivity index (χ3v) is 4.24. The number of tetrazole rings is 1. The zero-order valence-electron chi connectivity index (χ0n) is 11.3. The number of carbonyl (C=O) groups excluding carboxylic acids is 1. The van der Waals surface area contributed by atoms with Crippen LogP contribution in [0.4, 0.5) is 0 Å². The van der Waals surface area contributed by atoms with E-state index in [1.165, 1.54) is 11.8 Å². The Bertz CT molecular complexity index is 659.